The molecule has 5 rings (SSSR count). The van der Waals surface area contributed by atoms with Crippen molar-refractivity contribution in [1.82, 2.24) is 4.57 Å². The van der Waals surface area contributed by atoms with Crippen molar-refractivity contribution in [2.45, 2.75) is 11.4 Å². The maximum Gasteiger partial charge on any atom is 0.200 e. The first-order valence-corrected chi connectivity index (χ1v) is 10.4. The third-order valence-electron chi connectivity index (χ3n) is 5.07. The molecule has 0 radical (unpaired) electrons. The molecule has 0 unspecified atom stereocenters. The minimum absolute atomic E-state index is 0.0413. The number of ketones is 1. The number of hydrogen-bond donors (Lipinski definition) is 0. The summed E-state index contributed by atoms with van der Waals surface area (Å²) in [5.74, 6) is -0.285. The first-order chi connectivity index (χ1) is 14.1. The molecule has 0 atom stereocenters. The van der Waals surface area contributed by atoms with Crippen LogP contribution in [0.5, 0.6) is 0 Å². The van der Waals surface area contributed by atoms with Crippen molar-refractivity contribution >= 4 is 46.1 Å². The van der Waals surface area contributed by atoms with Gasteiger partial charge in [0.25, 0.3) is 0 Å². The van der Waals surface area contributed by atoms with Crippen LogP contribution in [0, 0.1) is 5.82 Å². The highest BCUT2D eigenvalue weighted by Crippen LogP contribution is 2.41. The van der Waals surface area contributed by atoms with Crippen LogP contribution in [0.4, 0.5) is 4.39 Å². The van der Waals surface area contributed by atoms with Crippen LogP contribution in [0.15, 0.2) is 82.7 Å². The molecule has 0 fully saturated rings. The number of Topliss-reactive ketones (excluding diaryl/α,β-unsaturated/α-hetero) is 1. The van der Waals surface area contributed by atoms with E-state index >= 15 is 0 Å². The number of halogens is 2. The zero-order chi connectivity index (χ0) is 20.0. The van der Waals surface area contributed by atoms with Gasteiger partial charge in [-0.1, -0.05) is 59.8 Å². The molecule has 3 aromatic carbocycles. The molecule has 2 nitrogen and oxygen atoms in total. The topological polar surface area (TPSA) is 22.0 Å². The van der Waals surface area contributed by atoms with Crippen LogP contribution in [0.3, 0.4) is 0 Å². The Morgan fingerprint density at radius 1 is 1.00 bits per heavy atom. The summed E-state index contributed by atoms with van der Waals surface area (Å²) in [5.41, 5.74) is 3.09. The van der Waals surface area contributed by atoms with Crippen LogP contribution in [0.25, 0.3) is 17.0 Å². The lowest BCUT2D eigenvalue weighted by Crippen LogP contribution is -2.01. The highest BCUT2D eigenvalue weighted by Gasteiger charge is 2.25. The Bertz CT molecular complexity index is 1290. The largest absolute Gasteiger partial charge is 0.342 e. The van der Waals surface area contributed by atoms with Gasteiger partial charge in [0.15, 0.2) is 0 Å². The fourth-order valence-corrected chi connectivity index (χ4v) is 4.92. The van der Waals surface area contributed by atoms with Crippen molar-refractivity contribution in [2.75, 3.05) is 0 Å². The average Bonchev–Trinajstić information content (AvgIpc) is 3.23. The van der Waals surface area contributed by atoms with Crippen molar-refractivity contribution in [1.29, 1.82) is 0 Å². The van der Waals surface area contributed by atoms with Gasteiger partial charge in [-0.25, -0.2) is 4.39 Å². The highest BCUT2D eigenvalue weighted by molar-refractivity contribution is 8.04. The minimum atomic E-state index is -0.327. The van der Waals surface area contributed by atoms with Gasteiger partial charge in [-0.05, 0) is 36.4 Å². The van der Waals surface area contributed by atoms with E-state index < -0.39 is 0 Å². The third-order valence-corrected chi connectivity index (χ3v) is 6.52. The summed E-state index contributed by atoms with van der Waals surface area (Å²) < 4.78 is 16.3. The second kappa shape index (κ2) is 7.21. The van der Waals surface area contributed by atoms with Gasteiger partial charge < -0.3 is 4.57 Å². The van der Waals surface area contributed by atoms with E-state index in [0.717, 1.165) is 26.9 Å². The number of para-hydroxylation sites is 1. The third kappa shape index (κ3) is 3.18. The van der Waals surface area contributed by atoms with E-state index in [1.54, 1.807) is 12.1 Å². The number of fused-ring (bicyclic) bond motifs is 2. The Labute approximate surface area is 176 Å². The molecule has 0 saturated heterocycles. The Morgan fingerprint density at radius 2 is 1.79 bits per heavy atom. The van der Waals surface area contributed by atoms with Gasteiger partial charge in [0.05, 0.1) is 11.4 Å². The molecule has 0 amide bonds. The lowest BCUT2D eigenvalue weighted by molar-refractivity contribution is 0.104. The first-order valence-electron chi connectivity index (χ1n) is 9.16. The van der Waals surface area contributed by atoms with E-state index in [0.29, 0.717) is 22.0 Å². The van der Waals surface area contributed by atoms with Gasteiger partial charge in [-0.15, -0.1) is 0 Å². The molecule has 142 valence electrons. The van der Waals surface area contributed by atoms with E-state index in [9.17, 15) is 9.18 Å². The summed E-state index contributed by atoms with van der Waals surface area (Å²) in [6.07, 6.45) is 3.88. The van der Waals surface area contributed by atoms with Crippen LogP contribution in [0.1, 0.15) is 21.5 Å². The molecular weight excluding hydrogens is 405 g/mol. The summed E-state index contributed by atoms with van der Waals surface area (Å²) in [7, 11) is 0. The molecule has 0 N–H and O–H groups in total. The van der Waals surface area contributed by atoms with Crippen molar-refractivity contribution in [3.8, 4) is 0 Å². The molecule has 0 spiro atoms. The number of carbonyl (C=O) groups is 1. The number of benzene rings is 3. The van der Waals surface area contributed by atoms with Gasteiger partial charge in [-0.3, -0.25) is 4.79 Å². The predicted molar refractivity (Wildman–Crippen MR) is 117 cm³/mol. The molecule has 1 aromatic heterocycles. The lowest BCUT2D eigenvalue weighted by atomic mass is 10.1. The molecule has 1 aliphatic heterocycles. The standard InChI is InChI=1S/C24H15ClFNOS/c25-19-8-5-9-20(26)18(19)14-27-13-15(16-6-1-3-10-21(16)27)12-23-24(28)17-7-2-4-11-22(17)29-23/h1-13H,14H2/b23-12+. The summed E-state index contributed by atoms with van der Waals surface area (Å²) in [6, 6.07) is 20.3. The summed E-state index contributed by atoms with van der Waals surface area (Å²) >= 11 is 7.72. The molecule has 0 bridgehead atoms. The van der Waals surface area contributed by atoms with Gasteiger partial charge >= 0.3 is 0 Å². The highest BCUT2D eigenvalue weighted by atomic mass is 35.5. The van der Waals surface area contributed by atoms with Crippen molar-refractivity contribution < 1.29 is 9.18 Å². The number of thioether (sulfide) groups is 1. The summed E-state index contributed by atoms with van der Waals surface area (Å²) in [5, 5.41) is 1.41. The monoisotopic (exact) mass is 419 g/mol. The van der Waals surface area contributed by atoms with E-state index in [4.69, 9.17) is 11.6 Å². The van der Waals surface area contributed by atoms with Crippen molar-refractivity contribution in [3.63, 3.8) is 0 Å². The number of aromatic nitrogens is 1. The number of nitrogens with zero attached hydrogens (tertiary/aromatic N) is 1. The van der Waals surface area contributed by atoms with Crippen molar-refractivity contribution in [2.24, 2.45) is 0 Å². The van der Waals surface area contributed by atoms with Gasteiger partial charge in [0.2, 0.25) is 5.78 Å². The van der Waals surface area contributed by atoms with E-state index in [-0.39, 0.29) is 11.6 Å². The number of rotatable bonds is 3. The normalized spacial score (nSPS) is 14.7. The first kappa shape index (κ1) is 18.2. The number of allylic oxidation sites excluding steroid dienone is 1. The Hall–Kier alpha value is -2.82. The zero-order valence-corrected chi connectivity index (χ0v) is 16.8. The Balaban J connectivity index is 1.59. The van der Waals surface area contributed by atoms with Crippen LogP contribution in [-0.2, 0) is 6.54 Å². The molecular formula is C24H15ClFNOS. The predicted octanol–water partition coefficient (Wildman–Crippen LogP) is 6.81. The maximum absolute atomic E-state index is 14.3. The van der Waals surface area contributed by atoms with E-state index in [2.05, 4.69) is 0 Å². The zero-order valence-electron chi connectivity index (χ0n) is 15.2. The van der Waals surface area contributed by atoms with E-state index in [1.165, 1.54) is 17.8 Å². The van der Waals surface area contributed by atoms with Crippen molar-refractivity contribution in [3.05, 3.63) is 105 Å². The summed E-state index contributed by atoms with van der Waals surface area (Å²) in [4.78, 5) is 14.4. The lowest BCUT2D eigenvalue weighted by Gasteiger charge is -2.08. The molecule has 5 heteroatoms. The number of hydrogen-bond acceptors (Lipinski definition) is 2. The molecule has 29 heavy (non-hydrogen) atoms. The Morgan fingerprint density at radius 3 is 2.62 bits per heavy atom. The fraction of sp³-hybridized carbons (Fsp3) is 0.0417. The number of carbonyl (C=O) groups excluding carboxylic acids is 1. The fourth-order valence-electron chi connectivity index (χ4n) is 3.65. The molecule has 0 aliphatic carbocycles. The average molecular weight is 420 g/mol. The quantitative estimate of drug-likeness (QED) is 0.340. The van der Waals surface area contributed by atoms with Gasteiger partial charge in [-0.2, -0.15) is 0 Å². The smallest absolute Gasteiger partial charge is 0.200 e. The minimum Gasteiger partial charge on any atom is -0.342 e. The van der Waals surface area contributed by atoms with Crippen LogP contribution in [0.2, 0.25) is 5.02 Å². The SMILES string of the molecule is O=C1/C(=C\c2cn(Cc3c(F)cccc3Cl)c3ccccc23)Sc2ccccc21. The van der Waals surface area contributed by atoms with Crippen LogP contribution in [-0.4, -0.2) is 10.4 Å². The molecule has 2 heterocycles. The maximum atomic E-state index is 14.3. The molecule has 4 aromatic rings. The van der Waals surface area contributed by atoms with Crippen LogP contribution < -0.4 is 0 Å². The second-order valence-corrected chi connectivity index (χ2v) is 8.36. The van der Waals surface area contributed by atoms with E-state index in [1.807, 2.05) is 65.4 Å². The Kier molecular flexibility index (Phi) is 4.53. The van der Waals surface area contributed by atoms with Gasteiger partial charge in [0.1, 0.15) is 5.82 Å². The summed E-state index contributed by atoms with van der Waals surface area (Å²) in [6.45, 7) is 0.316. The molecule has 0 saturated carbocycles. The van der Waals surface area contributed by atoms with Crippen LogP contribution >= 0.6 is 23.4 Å². The van der Waals surface area contributed by atoms with Gasteiger partial charge in [0, 0.05) is 43.7 Å². The molecule has 1 aliphatic rings. The second-order valence-electron chi connectivity index (χ2n) is 6.87.